The number of hydrogen-bond acceptors (Lipinski definition) is 3. The molecule has 1 aromatic carbocycles. The predicted octanol–water partition coefficient (Wildman–Crippen LogP) is 4.60. The summed E-state index contributed by atoms with van der Waals surface area (Å²) < 4.78 is 19.3. The van der Waals surface area contributed by atoms with Gasteiger partial charge in [-0.15, -0.1) is 0 Å². The van der Waals surface area contributed by atoms with E-state index in [2.05, 4.69) is 9.97 Å². The number of carbonyl (C=O) groups excluding carboxylic acids is 1. The first kappa shape index (κ1) is 17.5. The first-order valence-electron chi connectivity index (χ1n) is 8.55. The molecule has 0 saturated carbocycles. The van der Waals surface area contributed by atoms with Crippen LogP contribution in [0.2, 0.25) is 0 Å². The van der Waals surface area contributed by atoms with Gasteiger partial charge in [-0.25, -0.2) is 14.2 Å². The van der Waals surface area contributed by atoms with E-state index >= 15 is 0 Å². The van der Waals surface area contributed by atoms with Gasteiger partial charge >= 0.3 is 6.09 Å². The third-order valence-corrected chi connectivity index (χ3v) is 4.27. The lowest BCUT2D eigenvalue weighted by Crippen LogP contribution is -2.36. The molecule has 1 N–H and O–H groups in total. The lowest BCUT2D eigenvalue weighted by atomic mass is 10.1. The minimum absolute atomic E-state index is 0.140. The molecule has 1 aromatic heterocycles. The Balaban J connectivity index is 1.81. The van der Waals surface area contributed by atoms with Crippen molar-refractivity contribution in [2.24, 2.45) is 0 Å². The quantitative estimate of drug-likeness (QED) is 0.865. The second-order valence-electron chi connectivity index (χ2n) is 7.48. The van der Waals surface area contributed by atoms with Crippen LogP contribution in [0, 0.1) is 12.7 Å². The summed E-state index contributed by atoms with van der Waals surface area (Å²) in [5.41, 5.74) is 1.56. The number of halogens is 1. The van der Waals surface area contributed by atoms with Crippen LogP contribution in [-0.4, -0.2) is 33.1 Å². The molecule has 1 aliphatic heterocycles. The van der Waals surface area contributed by atoms with Crippen molar-refractivity contribution in [2.45, 2.75) is 52.2 Å². The van der Waals surface area contributed by atoms with Crippen LogP contribution >= 0.6 is 0 Å². The maximum absolute atomic E-state index is 13.8. The van der Waals surface area contributed by atoms with E-state index in [1.165, 1.54) is 6.07 Å². The van der Waals surface area contributed by atoms with E-state index in [1.54, 1.807) is 24.1 Å². The van der Waals surface area contributed by atoms with Crippen molar-refractivity contribution < 1.29 is 13.9 Å². The van der Waals surface area contributed by atoms with Crippen molar-refractivity contribution in [1.82, 2.24) is 14.9 Å². The zero-order valence-corrected chi connectivity index (χ0v) is 15.1. The van der Waals surface area contributed by atoms with Crippen LogP contribution in [0.3, 0.4) is 0 Å². The van der Waals surface area contributed by atoms with E-state index < -0.39 is 5.60 Å². The second kappa shape index (κ2) is 6.50. The van der Waals surface area contributed by atoms with Gasteiger partial charge in [-0.2, -0.15) is 0 Å². The van der Waals surface area contributed by atoms with E-state index in [-0.39, 0.29) is 18.0 Å². The third-order valence-electron chi connectivity index (χ3n) is 4.27. The van der Waals surface area contributed by atoms with Gasteiger partial charge in [0, 0.05) is 12.1 Å². The van der Waals surface area contributed by atoms with Gasteiger partial charge in [0.25, 0.3) is 0 Å². The van der Waals surface area contributed by atoms with Crippen LogP contribution in [0.1, 0.15) is 51.0 Å². The number of likely N-dealkylation sites (tertiary alicyclic amines) is 1. The second-order valence-corrected chi connectivity index (χ2v) is 7.48. The fourth-order valence-electron chi connectivity index (χ4n) is 3.00. The molecule has 1 fully saturated rings. The van der Waals surface area contributed by atoms with Crippen LogP contribution in [0.15, 0.2) is 24.4 Å². The number of carbonyl (C=O) groups is 1. The third kappa shape index (κ3) is 3.83. The molecule has 2 aromatic rings. The number of aromatic amines is 1. The summed E-state index contributed by atoms with van der Waals surface area (Å²) in [7, 11) is 0. The average molecular weight is 345 g/mol. The van der Waals surface area contributed by atoms with Crippen molar-refractivity contribution in [2.75, 3.05) is 6.54 Å². The molecule has 0 bridgehead atoms. The molecule has 0 aliphatic carbocycles. The highest BCUT2D eigenvalue weighted by atomic mass is 19.1. The molecule has 0 radical (unpaired) electrons. The summed E-state index contributed by atoms with van der Waals surface area (Å²) in [6.07, 6.45) is 3.09. The zero-order valence-electron chi connectivity index (χ0n) is 15.1. The normalized spacial score (nSPS) is 17.8. The van der Waals surface area contributed by atoms with Crippen molar-refractivity contribution in [3.63, 3.8) is 0 Å². The number of nitrogens with zero attached hydrogens (tertiary/aromatic N) is 2. The van der Waals surface area contributed by atoms with Gasteiger partial charge < -0.3 is 9.72 Å². The minimum Gasteiger partial charge on any atom is -0.444 e. The summed E-state index contributed by atoms with van der Waals surface area (Å²) in [6.45, 7) is 7.94. The number of benzene rings is 1. The molecule has 2 heterocycles. The number of nitrogens with one attached hydrogen (secondary N) is 1. The molecule has 1 amide bonds. The minimum atomic E-state index is -0.530. The molecular weight excluding hydrogens is 321 g/mol. The summed E-state index contributed by atoms with van der Waals surface area (Å²) in [6, 6.07) is 4.95. The van der Waals surface area contributed by atoms with E-state index in [0.29, 0.717) is 17.9 Å². The Kier molecular flexibility index (Phi) is 4.54. The SMILES string of the molecule is Cc1ccc(-c2cnc([C@@H]3CCCN3C(=O)OC(C)(C)C)[nH]2)cc1F. The van der Waals surface area contributed by atoms with Crippen molar-refractivity contribution >= 4 is 6.09 Å². The molecular formula is C19H24FN3O2. The summed E-state index contributed by atoms with van der Waals surface area (Å²) in [5.74, 6) is 0.462. The van der Waals surface area contributed by atoms with Gasteiger partial charge in [0.1, 0.15) is 17.2 Å². The first-order chi connectivity index (χ1) is 11.7. The Hall–Kier alpha value is -2.37. The van der Waals surface area contributed by atoms with Gasteiger partial charge in [0.05, 0.1) is 17.9 Å². The van der Waals surface area contributed by atoms with Crippen LogP contribution in [-0.2, 0) is 4.74 Å². The molecule has 0 spiro atoms. The number of H-pyrrole nitrogens is 1. The van der Waals surface area contributed by atoms with Crippen molar-refractivity contribution in [1.29, 1.82) is 0 Å². The molecule has 1 aliphatic rings. The van der Waals surface area contributed by atoms with E-state index in [9.17, 15) is 9.18 Å². The maximum atomic E-state index is 13.8. The first-order valence-corrected chi connectivity index (χ1v) is 8.55. The highest BCUT2D eigenvalue weighted by Gasteiger charge is 2.34. The molecule has 0 unspecified atom stereocenters. The van der Waals surface area contributed by atoms with Gasteiger partial charge in [-0.05, 0) is 52.2 Å². The fourth-order valence-corrected chi connectivity index (χ4v) is 3.00. The Labute approximate surface area is 147 Å². The highest BCUT2D eigenvalue weighted by Crippen LogP contribution is 2.32. The lowest BCUT2D eigenvalue weighted by molar-refractivity contribution is 0.0219. The van der Waals surface area contributed by atoms with E-state index in [0.717, 1.165) is 24.1 Å². The Bertz CT molecular complexity index is 779. The molecule has 5 nitrogen and oxygen atoms in total. The van der Waals surface area contributed by atoms with E-state index in [1.807, 2.05) is 26.8 Å². The summed E-state index contributed by atoms with van der Waals surface area (Å²) in [5, 5.41) is 0. The zero-order chi connectivity index (χ0) is 18.2. The topological polar surface area (TPSA) is 58.2 Å². The number of rotatable bonds is 2. The Morgan fingerprint density at radius 3 is 2.84 bits per heavy atom. The lowest BCUT2D eigenvalue weighted by Gasteiger charge is -2.27. The van der Waals surface area contributed by atoms with Gasteiger partial charge in [-0.1, -0.05) is 12.1 Å². The summed E-state index contributed by atoms with van der Waals surface area (Å²) >= 11 is 0. The Morgan fingerprint density at radius 2 is 2.16 bits per heavy atom. The monoisotopic (exact) mass is 345 g/mol. The van der Waals surface area contributed by atoms with Crippen LogP contribution in [0.25, 0.3) is 11.3 Å². The molecule has 3 rings (SSSR count). The van der Waals surface area contributed by atoms with E-state index in [4.69, 9.17) is 4.74 Å². The number of amides is 1. The Morgan fingerprint density at radius 1 is 1.40 bits per heavy atom. The van der Waals surface area contributed by atoms with Crippen LogP contribution in [0.5, 0.6) is 0 Å². The van der Waals surface area contributed by atoms with Crippen molar-refractivity contribution in [3.8, 4) is 11.3 Å². The van der Waals surface area contributed by atoms with Crippen LogP contribution < -0.4 is 0 Å². The maximum Gasteiger partial charge on any atom is 0.410 e. The number of ether oxygens (including phenoxy) is 1. The highest BCUT2D eigenvalue weighted by molar-refractivity contribution is 5.69. The molecule has 6 heteroatoms. The largest absolute Gasteiger partial charge is 0.444 e. The van der Waals surface area contributed by atoms with Crippen LogP contribution in [0.4, 0.5) is 9.18 Å². The number of aryl methyl sites for hydroxylation is 1. The average Bonchev–Trinajstić information content (AvgIpc) is 3.16. The predicted molar refractivity (Wildman–Crippen MR) is 93.6 cm³/mol. The number of hydrogen-bond donors (Lipinski definition) is 1. The van der Waals surface area contributed by atoms with Crippen molar-refractivity contribution in [3.05, 3.63) is 41.6 Å². The van der Waals surface area contributed by atoms with Gasteiger partial charge in [0.15, 0.2) is 0 Å². The standard InChI is InChI=1S/C19H24FN3O2/c1-12-7-8-13(10-14(12)20)15-11-21-17(22-15)16-6-5-9-23(16)18(24)25-19(2,3)4/h7-8,10-11,16H,5-6,9H2,1-4H3,(H,21,22)/t16-/m0/s1. The van der Waals surface area contributed by atoms with Gasteiger partial charge in [-0.3, -0.25) is 4.90 Å². The molecule has 134 valence electrons. The number of imidazole rings is 1. The summed E-state index contributed by atoms with van der Waals surface area (Å²) in [4.78, 5) is 21.8. The molecule has 1 atom stereocenters. The fraction of sp³-hybridized carbons (Fsp3) is 0.474. The molecule has 1 saturated heterocycles. The number of aromatic nitrogens is 2. The molecule has 25 heavy (non-hydrogen) atoms. The smallest absolute Gasteiger partial charge is 0.410 e. The van der Waals surface area contributed by atoms with Gasteiger partial charge in [0.2, 0.25) is 0 Å².